The van der Waals surface area contributed by atoms with Crippen molar-refractivity contribution in [1.82, 2.24) is 4.98 Å². The summed E-state index contributed by atoms with van der Waals surface area (Å²) >= 11 is 3.50. The Hall–Kier alpha value is -0.510. The van der Waals surface area contributed by atoms with Crippen molar-refractivity contribution >= 4 is 39.2 Å². The molecule has 0 saturated heterocycles. The van der Waals surface area contributed by atoms with Crippen molar-refractivity contribution in [3.8, 4) is 0 Å². The summed E-state index contributed by atoms with van der Waals surface area (Å²) in [6.07, 6.45) is 3.13. The van der Waals surface area contributed by atoms with Gasteiger partial charge in [0.05, 0.1) is 0 Å². The molecule has 2 nitrogen and oxygen atoms in total. The smallest absolute Gasteiger partial charge is 0.0458 e. The van der Waals surface area contributed by atoms with Crippen molar-refractivity contribution in [3.63, 3.8) is 0 Å². The summed E-state index contributed by atoms with van der Waals surface area (Å²) in [5.74, 6) is 0.498. The Kier molecular flexibility index (Phi) is 5.04. The number of nitrogens with two attached hydrogens (primary N) is 1. The molecule has 4 heteroatoms. The summed E-state index contributed by atoms with van der Waals surface area (Å²) in [5, 5.41) is 1.22. The maximum Gasteiger partial charge on any atom is 0.0458 e. The van der Waals surface area contributed by atoms with Crippen molar-refractivity contribution in [2.24, 2.45) is 11.7 Å². The second kappa shape index (κ2) is 5.89. The van der Waals surface area contributed by atoms with E-state index in [0.717, 1.165) is 16.4 Å². The highest BCUT2D eigenvalue weighted by molar-refractivity contribution is 9.10. The van der Waals surface area contributed by atoms with E-state index >= 15 is 0 Å². The Bertz CT molecular complexity index is 495. The van der Waals surface area contributed by atoms with Gasteiger partial charge in [-0.2, -0.15) is 0 Å². The number of benzene rings is 1. The van der Waals surface area contributed by atoms with Gasteiger partial charge in [0.2, 0.25) is 0 Å². The fourth-order valence-electron chi connectivity index (χ4n) is 1.95. The van der Waals surface area contributed by atoms with Crippen LogP contribution < -0.4 is 5.73 Å². The van der Waals surface area contributed by atoms with E-state index in [-0.39, 0.29) is 18.4 Å². The fourth-order valence-corrected chi connectivity index (χ4v) is 2.31. The lowest BCUT2D eigenvalue weighted by molar-refractivity contribution is 0.459. The van der Waals surface area contributed by atoms with Crippen LogP contribution in [0.4, 0.5) is 0 Å². The average Bonchev–Trinajstić information content (AvgIpc) is 2.69. The van der Waals surface area contributed by atoms with Crippen LogP contribution >= 0.6 is 28.3 Å². The maximum atomic E-state index is 6.27. The highest BCUT2D eigenvalue weighted by atomic mass is 79.9. The Morgan fingerprint density at radius 2 is 2.12 bits per heavy atom. The maximum absolute atomic E-state index is 6.27. The third kappa shape index (κ3) is 2.84. The molecular weight excluding hydrogens is 300 g/mol. The molecule has 17 heavy (non-hydrogen) atoms. The first kappa shape index (κ1) is 14.6. The monoisotopic (exact) mass is 316 g/mol. The van der Waals surface area contributed by atoms with E-state index < -0.39 is 0 Å². The molecule has 94 valence electrons. The van der Waals surface area contributed by atoms with Crippen LogP contribution in [-0.4, -0.2) is 4.98 Å². The van der Waals surface area contributed by atoms with Gasteiger partial charge in [0, 0.05) is 27.6 Å². The van der Waals surface area contributed by atoms with Crippen LogP contribution in [0.3, 0.4) is 0 Å². The molecular formula is C13H18BrClN2. The average molecular weight is 318 g/mol. The lowest BCUT2D eigenvalue weighted by Crippen LogP contribution is -2.18. The summed E-state index contributed by atoms with van der Waals surface area (Å²) in [7, 11) is 0. The first-order valence-corrected chi connectivity index (χ1v) is 6.45. The minimum atomic E-state index is 0. The molecule has 3 N–H and O–H groups in total. The van der Waals surface area contributed by atoms with Gasteiger partial charge in [0.15, 0.2) is 0 Å². The van der Waals surface area contributed by atoms with Gasteiger partial charge >= 0.3 is 0 Å². The van der Waals surface area contributed by atoms with E-state index in [1.54, 1.807) is 0 Å². The first-order chi connectivity index (χ1) is 7.63. The van der Waals surface area contributed by atoms with E-state index in [9.17, 15) is 0 Å². The molecule has 1 aromatic carbocycles. The molecule has 0 aliphatic carbocycles. The van der Waals surface area contributed by atoms with Crippen LogP contribution in [-0.2, 0) is 0 Å². The number of aromatic amines is 1. The third-order valence-electron chi connectivity index (χ3n) is 3.29. The molecule has 0 radical (unpaired) electrons. The Balaban J connectivity index is 0.00000144. The number of aromatic nitrogens is 1. The van der Waals surface area contributed by atoms with Gasteiger partial charge in [-0.1, -0.05) is 36.2 Å². The lowest BCUT2D eigenvalue weighted by Gasteiger charge is -2.17. The molecule has 1 heterocycles. The topological polar surface area (TPSA) is 41.8 Å². The summed E-state index contributed by atoms with van der Waals surface area (Å²) in [4.78, 5) is 3.27. The van der Waals surface area contributed by atoms with Crippen molar-refractivity contribution in [2.75, 3.05) is 0 Å². The summed E-state index contributed by atoms with van der Waals surface area (Å²) in [6.45, 7) is 4.37. The molecule has 2 atom stereocenters. The standard InChI is InChI=1S/C13H17BrN2.ClH/c1-3-8(2)13(15)11-7-16-12-5-4-9(14)6-10(11)12;/h4-8,13,16H,3,15H2,1-2H3;1H/t8?,13-;/m1./s1. The van der Waals surface area contributed by atoms with Gasteiger partial charge < -0.3 is 10.7 Å². The zero-order valence-electron chi connectivity index (χ0n) is 10.0. The second-order valence-corrected chi connectivity index (χ2v) is 5.26. The predicted octanol–water partition coefficient (Wildman–Crippen LogP) is 4.40. The van der Waals surface area contributed by atoms with Gasteiger partial charge in [0.25, 0.3) is 0 Å². The fraction of sp³-hybridized carbons (Fsp3) is 0.385. The van der Waals surface area contributed by atoms with Crippen LogP contribution in [0.1, 0.15) is 31.9 Å². The second-order valence-electron chi connectivity index (χ2n) is 4.35. The minimum absolute atomic E-state index is 0. The molecule has 2 aromatic rings. The molecule has 0 aliphatic heterocycles. The number of halogens is 2. The molecule has 1 unspecified atom stereocenters. The molecule has 0 fully saturated rings. The normalized spacial score (nSPS) is 14.4. The van der Waals surface area contributed by atoms with Crippen LogP contribution in [0.5, 0.6) is 0 Å². The number of rotatable bonds is 3. The number of H-pyrrole nitrogens is 1. The van der Waals surface area contributed by atoms with E-state index in [1.807, 2.05) is 12.3 Å². The van der Waals surface area contributed by atoms with Gasteiger partial charge in [-0.05, 0) is 29.7 Å². The number of hydrogen-bond donors (Lipinski definition) is 2. The van der Waals surface area contributed by atoms with Gasteiger partial charge in [-0.15, -0.1) is 12.4 Å². The predicted molar refractivity (Wildman–Crippen MR) is 79.6 cm³/mol. The quantitative estimate of drug-likeness (QED) is 0.865. The molecule has 0 spiro atoms. The number of fused-ring (bicyclic) bond motifs is 1. The number of nitrogens with one attached hydrogen (secondary N) is 1. The van der Waals surface area contributed by atoms with Crippen LogP contribution in [0.2, 0.25) is 0 Å². The molecule has 0 bridgehead atoms. The van der Waals surface area contributed by atoms with Crippen LogP contribution in [0.15, 0.2) is 28.9 Å². The van der Waals surface area contributed by atoms with Crippen molar-refractivity contribution < 1.29 is 0 Å². The zero-order valence-corrected chi connectivity index (χ0v) is 12.4. The van der Waals surface area contributed by atoms with Gasteiger partial charge in [-0.25, -0.2) is 0 Å². The molecule has 2 rings (SSSR count). The Morgan fingerprint density at radius 3 is 2.76 bits per heavy atom. The molecule has 1 aromatic heterocycles. The van der Waals surface area contributed by atoms with Crippen molar-refractivity contribution in [2.45, 2.75) is 26.3 Å². The molecule has 0 aliphatic rings. The van der Waals surface area contributed by atoms with E-state index in [4.69, 9.17) is 5.73 Å². The molecule has 0 saturated carbocycles. The van der Waals surface area contributed by atoms with E-state index in [2.05, 4.69) is 46.9 Å². The SMILES string of the molecule is CCC(C)[C@@H](N)c1c[nH]c2ccc(Br)cc12.Cl. The van der Waals surface area contributed by atoms with Crippen molar-refractivity contribution in [3.05, 3.63) is 34.4 Å². The largest absolute Gasteiger partial charge is 0.361 e. The van der Waals surface area contributed by atoms with Crippen molar-refractivity contribution in [1.29, 1.82) is 0 Å². The van der Waals surface area contributed by atoms with E-state index in [1.165, 1.54) is 10.9 Å². The third-order valence-corrected chi connectivity index (χ3v) is 3.79. The van der Waals surface area contributed by atoms with Gasteiger partial charge in [-0.3, -0.25) is 0 Å². The highest BCUT2D eigenvalue weighted by Crippen LogP contribution is 2.30. The molecule has 0 amide bonds. The Labute approximate surface area is 117 Å². The lowest BCUT2D eigenvalue weighted by atomic mass is 9.93. The van der Waals surface area contributed by atoms with Crippen LogP contribution in [0, 0.1) is 5.92 Å². The summed E-state index contributed by atoms with van der Waals surface area (Å²) in [5.41, 5.74) is 8.64. The first-order valence-electron chi connectivity index (χ1n) is 5.65. The van der Waals surface area contributed by atoms with E-state index in [0.29, 0.717) is 5.92 Å². The zero-order chi connectivity index (χ0) is 11.7. The Morgan fingerprint density at radius 1 is 1.41 bits per heavy atom. The summed E-state index contributed by atoms with van der Waals surface area (Å²) in [6, 6.07) is 6.35. The minimum Gasteiger partial charge on any atom is -0.361 e. The van der Waals surface area contributed by atoms with Gasteiger partial charge in [0.1, 0.15) is 0 Å². The van der Waals surface area contributed by atoms with Crippen LogP contribution in [0.25, 0.3) is 10.9 Å². The summed E-state index contributed by atoms with van der Waals surface area (Å²) < 4.78 is 1.09. The highest BCUT2D eigenvalue weighted by Gasteiger charge is 2.16. The number of hydrogen-bond acceptors (Lipinski definition) is 1.